The van der Waals surface area contributed by atoms with Gasteiger partial charge in [-0.05, 0) is 42.7 Å². The Kier molecular flexibility index (Phi) is 8.55. The van der Waals surface area contributed by atoms with Crippen LogP contribution in [-0.2, 0) is 27.3 Å². The highest BCUT2D eigenvalue weighted by molar-refractivity contribution is 6.31. The number of rotatable bonds is 10. The third-order valence-corrected chi connectivity index (χ3v) is 4.41. The summed E-state index contributed by atoms with van der Waals surface area (Å²) in [4.78, 5) is 24.2. The van der Waals surface area contributed by atoms with Crippen molar-refractivity contribution in [1.29, 1.82) is 0 Å². The number of hydrogen-bond acceptors (Lipinski definition) is 5. The molecule has 0 bridgehead atoms. The molecule has 2 rings (SSSR count). The number of hydrogen-bond donors (Lipinski definition) is 1. The maximum atomic E-state index is 12.1. The predicted octanol–water partition coefficient (Wildman–Crippen LogP) is 3.70. The smallest absolute Gasteiger partial charge is 0.344 e. The fourth-order valence-corrected chi connectivity index (χ4v) is 2.72. The monoisotopic (exact) mass is 417 g/mol. The first-order valence-electron chi connectivity index (χ1n) is 9.05. The lowest BCUT2D eigenvalue weighted by Gasteiger charge is -2.15. The number of carbonyl (C=O) groups is 2. The molecular weight excluding hydrogens is 394 g/mol. The van der Waals surface area contributed by atoms with Crippen LogP contribution >= 0.6 is 11.6 Å². The van der Waals surface area contributed by atoms with Gasteiger partial charge in [-0.15, -0.1) is 6.58 Å². The van der Waals surface area contributed by atoms with Crippen LogP contribution in [-0.4, -0.2) is 31.7 Å². The highest BCUT2D eigenvalue weighted by Crippen LogP contribution is 2.28. The summed E-state index contributed by atoms with van der Waals surface area (Å²) in [5.41, 5.74) is 1.78. The van der Waals surface area contributed by atoms with Gasteiger partial charge in [-0.3, -0.25) is 4.79 Å². The summed E-state index contributed by atoms with van der Waals surface area (Å²) in [6, 6.07) is 12.6. The minimum absolute atomic E-state index is 0.241. The van der Waals surface area contributed by atoms with Crippen molar-refractivity contribution >= 4 is 23.5 Å². The highest BCUT2D eigenvalue weighted by atomic mass is 35.5. The van der Waals surface area contributed by atoms with Gasteiger partial charge in [-0.25, -0.2) is 4.79 Å². The van der Waals surface area contributed by atoms with Gasteiger partial charge in [0.05, 0.1) is 7.11 Å². The molecule has 0 spiro atoms. The minimum atomic E-state index is -0.967. The number of ether oxygens (including phenoxy) is 3. The summed E-state index contributed by atoms with van der Waals surface area (Å²) in [6.45, 7) is 5.08. The Morgan fingerprint density at radius 3 is 2.66 bits per heavy atom. The summed E-state index contributed by atoms with van der Waals surface area (Å²) < 4.78 is 15.9. The van der Waals surface area contributed by atoms with E-state index in [1.807, 2.05) is 18.2 Å². The molecular formula is C22H24ClNO5. The van der Waals surface area contributed by atoms with Crippen molar-refractivity contribution in [2.45, 2.75) is 26.0 Å². The summed E-state index contributed by atoms with van der Waals surface area (Å²) in [5, 5.41) is 3.24. The third kappa shape index (κ3) is 6.84. The SMILES string of the molecule is C=CCc1ccc(OCC(=O)O[C@H](C)C(=O)NCc2ccccc2Cl)c(OC)c1. The summed E-state index contributed by atoms with van der Waals surface area (Å²) in [7, 11) is 1.52. The highest BCUT2D eigenvalue weighted by Gasteiger charge is 2.18. The van der Waals surface area contributed by atoms with Crippen molar-refractivity contribution in [2.75, 3.05) is 13.7 Å². The molecule has 1 amide bonds. The van der Waals surface area contributed by atoms with Gasteiger partial charge < -0.3 is 19.5 Å². The van der Waals surface area contributed by atoms with Crippen LogP contribution in [0.5, 0.6) is 11.5 Å². The zero-order chi connectivity index (χ0) is 21.2. The van der Waals surface area contributed by atoms with Gasteiger partial charge in [0.2, 0.25) is 0 Å². The van der Waals surface area contributed by atoms with Crippen LogP contribution in [0.2, 0.25) is 5.02 Å². The van der Waals surface area contributed by atoms with E-state index in [-0.39, 0.29) is 13.2 Å². The van der Waals surface area contributed by atoms with E-state index in [9.17, 15) is 9.59 Å². The molecule has 0 saturated heterocycles. The third-order valence-electron chi connectivity index (χ3n) is 4.04. The molecule has 1 N–H and O–H groups in total. The molecule has 2 aromatic carbocycles. The molecule has 29 heavy (non-hydrogen) atoms. The van der Waals surface area contributed by atoms with E-state index in [0.717, 1.165) is 11.1 Å². The number of esters is 1. The number of halogens is 1. The van der Waals surface area contributed by atoms with Crippen molar-refractivity contribution in [1.82, 2.24) is 5.32 Å². The molecule has 0 aromatic heterocycles. The van der Waals surface area contributed by atoms with Crippen molar-refractivity contribution in [3.05, 3.63) is 71.3 Å². The van der Waals surface area contributed by atoms with Crippen LogP contribution in [0.15, 0.2) is 55.1 Å². The van der Waals surface area contributed by atoms with Crippen LogP contribution in [0.1, 0.15) is 18.1 Å². The van der Waals surface area contributed by atoms with E-state index in [2.05, 4.69) is 11.9 Å². The average molecular weight is 418 g/mol. The lowest BCUT2D eigenvalue weighted by molar-refractivity contribution is -0.156. The maximum absolute atomic E-state index is 12.1. The van der Waals surface area contributed by atoms with Gasteiger partial charge in [0.1, 0.15) is 0 Å². The first-order valence-corrected chi connectivity index (χ1v) is 9.43. The number of benzene rings is 2. The number of amides is 1. The zero-order valence-corrected chi connectivity index (χ0v) is 17.2. The lowest BCUT2D eigenvalue weighted by Crippen LogP contribution is -2.36. The minimum Gasteiger partial charge on any atom is -0.493 e. The van der Waals surface area contributed by atoms with Gasteiger partial charge >= 0.3 is 5.97 Å². The first-order chi connectivity index (χ1) is 13.9. The molecule has 0 heterocycles. The van der Waals surface area contributed by atoms with Crippen molar-refractivity contribution in [2.24, 2.45) is 0 Å². The van der Waals surface area contributed by atoms with Crippen LogP contribution in [0.3, 0.4) is 0 Å². The van der Waals surface area contributed by atoms with E-state index in [4.69, 9.17) is 25.8 Å². The molecule has 0 radical (unpaired) electrons. The van der Waals surface area contributed by atoms with Crippen LogP contribution in [0.25, 0.3) is 0 Å². The number of allylic oxidation sites excluding steroid dienone is 1. The first kappa shape index (κ1) is 22.3. The van der Waals surface area contributed by atoms with E-state index in [0.29, 0.717) is 22.9 Å². The maximum Gasteiger partial charge on any atom is 0.344 e. The van der Waals surface area contributed by atoms with Crippen LogP contribution in [0, 0.1) is 0 Å². The van der Waals surface area contributed by atoms with Crippen molar-refractivity contribution in [3.8, 4) is 11.5 Å². The average Bonchev–Trinajstić information content (AvgIpc) is 2.72. The van der Waals surface area contributed by atoms with Gasteiger partial charge in [0.25, 0.3) is 5.91 Å². The lowest BCUT2D eigenvalue weighted by atomic mass is 10.1. The molecule has 0 fully saturated rings. The quantitative estimate of drug-likeness (QED) is 0.471. The summed E-state index contributed by atoms with van der Waals surface area (Å²) >= 11 is 6.05. The molecule has 6 nitrogen and oxygen atoms in total. The molecule has 0 unspecified atom stereocenters. The van der Waals surface area contributed by atoms with Crippen molar-refractivity contribution < 1.29 is 23.8 Å². The second-order valence-electron chi connectivity index (χ2n) is 6.21. The molecule has 1 atom stereocenters. The van der Waals surface area contributed by atoms with E-state index >= 15 is 0 Å². The van der Waals surface area contributed by atoms with Crippen molar-refractivity contribution in [3.63, 3.8) is 0 Å². The second-order valence-corrected chi connectivity index (χ2v) is 6.62. The van der Waals surface area contributed by atoms with E-state index in [1.54, 1.807) is 30.3 Å². The van der Waals surface area contributed by atoms with Gasteiger partial charge in [0.15, 0.2) is 24.2 Å². The second kappa shape index (κ2) is 11.1. The molecule has 0 saturated carbocycles. The standard InChI is InChI=1S/C22H24ClNO5/c1-4-7-16-10-11-19(20(12-16)27-3)28-14-21(25)29-15(2)22(26)24-13-17-8-5-6-9-18(17)23/h4-6,8-12,15H,1,7,13-14H2,2-3H3,(H,24,26)/t15-/m1/s1. The topological polar surface area (TPSA) is 73.9 Å². The number of nitrogens with one attached hydrogen (secondary N) is 1. The van der Waals surface area contributed by atoms with Crippen LogP contribution < -0.4 is 14.8 Å². The van der Waals surface area contributed by atoms with Gasteiger partial charge in [-0.2, -0.15) is 0 Å². The Labute approximate surface area is 175 Å². The normalized spacial score (nSPS) is 11.3. The molecule has 0 aliphatic heterocycles. The molecule has 154 valence electrons. The zero-order valence-electron chi connectivity index (χ0n) is 16.4. The van der Waals surface area contributed by atoms with Gasteiger partial charge in [0, 0.05) is 11.6 Å². The fourth-order valence-electron chi connectivity index (χ4n) is 2.51. The number of methoxy groups -OCH3 is 1. The van der Waals surface area contributed by atoms with E-state index < -0.39 is 18.0 Å². The van der Waals surface area contributed by atoms with Gasteiger partial charge in [-0.1, -0.05) is 41.9 Å². The Morgan fingerprint density at radius 2 is 1.97 bits per heavy atom. The van der Waals surface area contributed by atoms with E-state index in [1.165, 1.54) is 14.0 Å². The fraction of sp³-hybridized carbons (Fsp3) is 0.273. The predicted molar refractivity (Wildman–Crippen MR) is 111 cm³/mol. The molecule has 0 aliphatic rings. The summed E-state index contributed by atoms with van der Waals surface area (Å²) in [6.07, 6.45) is 1.51. The molecule has 0 aliphatic carbocycles. The molecule has 2 aromatic rings. The Bertz CT molecular complexity index is 868. The Balaban J connectivity index is 1.83. The Hall–Kier alpha value is -2.99. The van der Waals surface area contributed by atoms with Crippen LogP contribution in [0.4, 0.5) is 0 Å². The molecule has 7 heteroatoms. The largest absolute Gasteiger partial charge is 0.493 e. The Morgan fingerprint density at radius 1 is 1.21 bits per heavy atom. The summed E-state index contributed by atoms with van der Waals surface area (Å²) in [5.74, 6) is -0.178. The number of carbonyl (C=O) groups excluding carboxylic acids is 2.